The van der Waals surface area contributed by atoms with Crippen molar-refractivity contribution < 1.29 is 19.5 Å². The van der Waals surface area contributed by atoms with Gasteiger partial charge in [0.05, 0.1) is 5.69 Å². The van der Waals surface area contributed by atoms with Crippen LogP contribution in [0.5, 0.6) is 0 Å². The molecule has 0 unspecified atom stereocenters. The Morgan fingerprint density at radius 2 is 2.05 bits per heavy atom. The molecule has 0 radical (unpaired) electrons. The second-order valence-corrected chi connectivity index (χ2v) is 5.39. The van der Waals surface area contributed by atoms with Crippen molar-refractivity contribution in [2.75, 3.05) is 6.61 Å². The molecule has 0 bridgehead atoms. The van der Waals surface area contributed by atoms with E-state index >= 15 is 0 Å². The number of hydrogen-bond donors (Lipinski definition) is 2. The zero-order chi connectivity index (χ0) is 15.5. The molecular formula is C14H20N2O4. The van der Waals surface area contributed by atoms with Crippen LogP contribution in [0.15, 0.2) is 6.07 Å². The van der Waals surface area contributed by atoms with Gasteiger partial charge in [0, 0.05) is 30.5 Å². The van der Waals surface area contributed by atoms with Gasteiger partial charge in [-0.05, 0) is 33.3 Å². The van der Waals surface area contributed by atoms with E-state index in [1.54, 1.807) is 32.4 Å². The quantitative estimate of drug-likeness (QED) is 0.454. The molecule has 1 heterocycles. The fourth-order valence-corrected chi connectivity index (χ4v) is 1.89. The number of nitrogens with one attached hydrogen (secondary N) is 1. The normalized spacial score (nSPS) is 11.2. The molecule has 0 aliphatic carbocycles. The first-order chi connectivity index (χ1) is 9.23. The Balaban J connectivity index is 2.96. The summed E-state index contributed by atoms with van der Waals surface area (Å²) < 4.78 is 1.56. The third-order valence-electron chi connectivity index (χ3n) is 3.33. The van der Waals surface area contributed by atoms with Gasteiger partial charge in [-0.25, -0.2) is 0 Å². The minimum Gasteiger partial charge on any atom is -0.396 e. The van der Waals surface area contributed by atoms with Gasteiger partial charge in [-0.3, -0.25) is 14.4 Å². The van der Waals surface area contributed by atoms with Gasteiger partial charge in [0.15, 0.2) is 6.29 Å². The number of Topliss-reactive ketones (excluding diaryl/α,β-unsaturated/α-hetero) is 1. The molecule has 0 saturated carbocycles. The highest BCUT2D eigenvalue weighted by atomic mass is 16.3. The lowest BCUT2D eigenvalue weighted by Crippen LogP contribution is -2.47. The smallest absolute Gasteiger partial charge is 0.292 e. The zero-order valence-electron chi connectivity index (χ0n) is 12.2. The Kier molecular flexibility index (Phi) is 4.83. The highest BCUT2D eigenvalue weighted by Gasteiger charge is 2.27. The van der Waals surface area contributed by atoms with Crippen molar-refractivity contribution in [1.29, 1.82) is 0 Å². The average molecular weight is 280 g/mol. The number of carbonyl (C=O) groups is 3. The Morgan fingerprint density at radius 3 is 2.50 bits per heavy atom. The minimum absolute atomic E-state index is 0.0822. The molecule has 1 aromatic heterocycles. The van der Waals surface area contributed by atoms with Gasteiger partial charge in [0.2, 0.25) is 0 Å². The summed E-state index contributed by atoms with van der Waals surface area (Å²) in [5.41, 5.74) is 0.449. The molecule has 0 atom stereocenters. The van der Waals surface area contributed by atoms with Gasteiger partial charge in [-0.1, -0.05) is 0 Å². The van der Waals surface area contributed by atoms with Gasteiger partial charge in [-0.2, -0.15) is 0 Å². The lowest BCUT2D eigenvalue weighted by Gasteiger charge is -2.24. The van der Waals surface area contributed by atoms with Crippen molar-refractivity contribution in [2.45, 2.75) is 32.7 Å². The van der Waals surface area contributed by atoms with Crippen molar-refractivity contribution in [3.8, 4) is 0 Å². The highest BCUT2D eigenvalue weighted by Crippen LogP contribution is 2.15. The molecule has 0 aliphatic heterocycles. The number of aromatic nitrogens is 1. The second kappa shape index (κ2) is 6.00. The van der Waals surface area contributed by atoms with Crippen molar-refractivity contribution >= 4 is 18.0 Å². The van der Waals surface area contributed by atoms with Crippen LogP contribution in [0.25, 0.3) is 0 Å². The maximum absolute atomic E-state index is 12.1. The molecule has 0 fully saturated rings. The predicted molar refractivity (Wildman–Crippen MR) is 73.8 cm³/mol. The van der Waals surface area contributed by atoms with Crippen LogP contribution in [0.4, 0.5) is 0 Å². The fourth-order valence-electron chi connectivity index (χ4n) is 1.89. The van der Waals surface area contributed by atoms with Crippen LogP contribution in [0.1, 0.15) is 46.8 Å². The van der Waals surface area contributed by atoms with E-state index in [1.807, 2.05) is 0 Å². The Bertz CT molecular complexity index is 544. The van der Waals surface area contributed by atoms with Gasteiger partial charge >= 0.3 is 0 Å². The summed E-state index contributed by atoms with van der Waals surface area (Å²) >= 11 is 0. The van der Waals surface area contributed by atoms with Gasteiger partial charge in [-0.15, -0.1) is 0 Å². The molecule has 6 nitrogen and oxygen atoms in total. The van der Waals surface area contributed by atoms with Gasteiger partial charge in [0.1, 0.15) is 0 Å². The van der Waals surface area contributed by atoms with E-state index in [1.165, 1.54) is 6.07 Å². The third kappa shape index (κ3) is 3.33. The second-order valence-electron chi connectivity index (χ2n) is 5.39. The van der Waals surface area contributed by atoms with E-state index in [9.17, 15) is 14.4 Å². The molecule has 110 valence electrons. The summed E-state index contributed by atoms with van der Waals surface area (Å²) in [6.07, 6.45) is 0.983. The Morgan fingerprint density at radius 1 is 1.45 bits per heavy atom. The number of aliphatic hydroxyl groups excluding tert-OH is 1. The number of rotatable bonds is 6. The predicted octanol–water partition coefficient (Wildman–Crippen LogP) is 0.606. The maximum Gasteiger partial charge on any atom is 0.292 e. The molecule has 0 aromatic carbocycles. The van der Waals surface area contributed by atoms with Crippen LogP contribution < -0.4 is 5.32 Å². The summed E-state index contributed by atoms with van der Waals surface area (Å²) in [5, 5.41) is 11.5. The lowest BCUT2D eigenvalue weighted by molar-refractivity contribution is -0.118. The molecular weight excluding hydrogens is 260 g/mol. The molecule has 1 amide bonds. The number of aldehydes is 1. The van der Waals surface area contributed by atoms with Crippen LogP contribution in [0, 0.1) is 6.92 Å². The number of hydrogen-bond acceptors (Lipinski definition) is 4. The van der Waals surface area contributed by atoms with Crippen LogP contribution in [0.3, 0.4) is 0 Å². The van der Waals surface area contributed by atoms with E-state index in [4.69, 9.17) is 5.11 Å². The summed E-state index contributed by atoms with van der Waals surface area (Å²) in [6.45, 7) is 5.04. The van der Waals surface area contributed by atoms with Crippen molar-refractivity contribution in [2.24, 2.45) is 7.05 Å². The van der Waals surface area contributed by atoms with Crippen molar-refractivity contribution in [1.82, 2.24) is 9.88 Å². The third-order valence-corrected chi connectivity index (χ3v) is 3.33. The minimum atomic E-state index is -0.741. The van der Waals surface area contributed by atoms with E-state index in [0.29, 0.717) is 24.1 Å². The molecule has 2 N–H and O–H groups in total. The highest BCUT2D eigenvalue weighted by molar-refractivity contribution is 6.43. The van der Waals surface area contributed by atoms with E-state index in [0.717, 1.165) is 0 Å². The maximum atomic E-state index is 12.1. The first-order valence-corrected chi connectivity index (χ1v) is 6.32. The first-order valence-electron chi connectivity index (χ1n) is 6.32. The lowest BCUT2D eigenvalue weighted by atomic mass is 10.0. The van der Waals surface area contributed by atoms with Gasteiger partial charge in [0.25, 0.3) is 11.7 Å². The SMILES string of the molecule is Cc1c(C(=O)C(=O)NC(C)(C)CCO)cc(C=O)n1C. The molecule has 0 aliphatic rings. The number of aliphatic hydroxyl groups is 1. The average Bonchev–Trinajstić information content (AvgIpc) is 2.64. The molecule has 1 aromatic rings. The molecule has 6 heteroatoms. The van der Waals surface area contributed by atoms with Crippen molar-refractivity contribution in [3.63, 3.8) is 0 Å². The monoisotopic (exact) mass is 280 g/mol. The summed E-state index contributed by atoms with van der Waals surface area (Å²) in [7, 11) is 1.66. The summed E-state index contributed by atoms with van der Waals surface area (Å²) in [6, 6.07) is 1.41. The molecule has 0 saturated heterocycles. The van der Waals surface area contributed by atoms with Crippen molar-refractivity contribution in [3.05, 3.63) is 23.0 Å². The number of ketones is 1. The number of nitrogens with zero attached hydrogens (tertiary/aromatic N) is 1. The largest absolute Gasteiger partial charge is 0.396 e. The Hall–Kier alpha value is -1.95. The van der Waals surface area contributed by atoms with Crippen LogP contribution in [-0.2, 0) is 11.8 Å². The summed E-state index contributed by atoms with van der Waals surface area (Å²) in [4.78, 5) is 34.9. The first kappa shape index (κ1) is 16.1. The van der Waals surface area contributed by atoms with E-state index in [-0.39, 0.29) is 12.2 Å². The fraction of sp³-hybridized carbons (Fsp3) is 0.500. The Labute approximate surface area is 117 Å². The zero-order valence-corrected chi connectivity index (χ0v) is 12.2. The van der Waals surface area contributed by atoms with Crippen LogP contribution in [0.2, 0.25) is 0 Å². The summed E-state index contributed by atoms with van der Waals surface area (Å²) in [5.74, 6) is -1.42. The van der Waals surface area contributed by atoms with Crippen LogP contribution in [-0.4, -0.2) is 39.8 Å². The van der Waals surface area contributed by atoms with E-state index < -0.39 is 17.2 Å². The molecule has 0 spiro atoms. The number of carbonyl (C=O) groups excluding carboxylic acids is 3. The number of amides is 1. The molecule has 1 rings (SSSR count). The van der Waals surface area contributed by atoms with Gasteiger partial charge < -0.3 is 15.0 Å². The van der Waals surface area contributed by atoms with Crippen LogP contribution >= 0.6 is 0 Å². The van der Waals surface area contributed by atoms with E-state index in [2.05, 4.69) is 5.32 Å². The molecule has 20 heavy (non-hydrogen) atoms. The topological polar surface area (TPSA) is 88.4 Å². The standard InChI is InChI=1S/C14H20N2O4/c1-9-11(7-10(8-18)16(9)4)12(19)13(20)15-14(2,3)5-6-17/h7-8,17H,5-6H2,1-4H3,(H,15,20).